The Hall–Kier alpha value is -2.14. The lowest BCUT2D eigenvalue weighted by Gasteiger charge is -2.36. The molecule has 2 atom stereocenters. The summed E-state index contributed by atoms with van der Waals surface area (Å²) in [6, 6.07) is 11.1. The van der Waals surface area contributed by atoms with Gasteiger partial charge in [-0.1, -0.05) is 30.3 Å². The average Bonchev–Trinajstić information content (AvgIpc) is 2.88. The van der Waals surface area contributed by atoms with Crippen LogP contribution >= 0.6 is 0 Å². The number of hydrogen-bond donors (Lipinski definition) is 0. The summed E-state index contributed by atoms with van der Waals surface area (Å²) in [5.74, 6) is 0.777. The van der Waals surface area contributed by atoms with Crippen molar-refractivity contribution in [2.75, 3.05) is 26.2 Å². The number of hydrogen-bond acceptors (Lipinski definition) is 3. The molecule has 1 aromatic carbocycles. The summed E-state index contributed by atoms with van der Waals surface area (Å²) in [6.45, 7) is 9.04. The zero-order valence-electron chi connectivity index (χ0n) is 17.2. The fourth-order valence-electron chi connectivity index (χ4n) is 4.89. The molecule has 5 heteroatoms. The molecule has 3 saturated heterocycles. The molecule has 0 saturated carbocycles. The fraction of sp³-hybridized carbons (Fsp3) is 0.565. The maximum absolute atomic E-state index is 13.3. The number of nitrogens with zero attached hydrogens (tertiary/aromatic N) is 4. The predicted molar refractivity (Wildman–Crippen MR) is 111 cm³/mol. The second-order valence-electron chi connectivity index (χ2n) is 8.36. The van der Waals surface area contributed by atoms with E-state index in [1.807, 2.05) is 11.6 Å². The number of piperidine rings is 1. The molecule has 2 aromatic rings. The molecule has 1 aromatic heterocycles. The van der Waals surface area contributed by atoms with Crippen LogP contribution in [0.5, 0.6) is 0 Å². The van der Waals surface area contributed by atoms with Gasteiger partial charge in [0, 0.05) is 37.9 Å². The average molecular weight is 381 g/mol. The Morgan fingerprint density at radius 2 is 1.96 bits per heavy atom. The Morgan fingerprint density at radius 1 is 1.14 bits per heavy atom. The molecule has 4 heterocycles. The smallest absolute Gasteiger partial charge is 0.257 e. The Morgan fingerprint density at radius 3 is 2.71 bits per heavy atom. The van der Waals surface area contributed by atoms with Crippen LogP contribution in [0.4, 0.5) is 0 Å². The topological polar surface area (TPSA) is 41.4 Å². The Kier molecular flexibility index (Phi) is 5.81. The molecule has 0 radical (unpaired) electrons. The molecule has 0 N–H and O–H groups in total. The van der Waals surface area contributed by atoms with Crippen molar-refractivity contribution in [3.05, 3.63) is 53.3 Å². The number of benzene rings is 1. The molecular formula is C23H32N4O. The largest absolute Gasteiger partial charge is 0.334 e. The number of fused-ring (bicyclic) bond motifs is 4. The molecule has 28 heavy (non-hydrogen) atoms. The molecule has 0 unspecified atom stereocenters. The first kappa shape index (κ1) is 19.2. The van der Waals surface area contributed by atoms with Crippen LogP contribution in [-0.2, 0) is 13.0 Å². The second-order valence-corrected chi connectivity index (χ2v) is 8.36. The van der Waals surface area contributed by atoms with E-state index in [4.69, 9.17) is 0 Å². The van der Waals surface area contributed by atoms with Gasteiger partial charge in [0.1, 0.15) is 0 Å². The molecule has 0 aliphatic carbocycles. The van der Waals surface area contributed by atoms with E-state index in [-0.39, 0.29) is 5.91 Å². The highest BCUT2D eigenvalue weighted by Gasteiger charge is 2.38. The van der Waals surface area contributed by atoms with Crippen molar-refractivity contribution in [2.24, 2.45) is 5.92 Å². The highest BCUT2D eigenvalue weighted by atomic mass is 16.2. The highest BCUT2D eigenvalue weighted by molar-refractivity contribution is 5.95. The second kappa shape index (κ2) is 8.48. The van der Waals surface area contributed by atoms with Gasteiger partial charge in [-0.2, -0.15) is 5.10 Å². The molecule has 3 aliphatic heterocycles. The van der Waals surface area contributed by atoms with E-state index in [2.05, 4.69) is 52.2 Å². The molecule has 5 rings (SSSR count). The van der Waals surface area contributed by atoms with Crippen molar-refractivity contribution < 1.29 is 4.79 Å². The lowest BCUT2D eigenvalue weighted by molar-refractivity contribution is 0.0584. The van der Waals surface area contributed by atoms with Gasteiger partial charge in [-0.05, 0) is 57.6 Å². The minimum Gasteiger partial charge on any atom is -0.334 e. The van der Waals surface area contributed by atoms with Crippen LogP contribution < -0.4 is 0 Å². The molecule has 1 amide bonds. The van der Waals surface area contributed by atoms with Crippen LogP contribution in [0.25, 0.3) is 0 Å². The zero-order chi connectivity index (χ0) is 19.5. The summed E-state index contributed by atoms with van der Waals surface area (Å²) in [7, 11) is 0. The third-order valence-electron chi connectivity index (χ3n) is 6.47. The van der Waals surface area contributed by atoms with E-state index < -0.39 is 0 Å². The summed E-state index contributed by atoms with van der Waals surface area (Å²) < 4.78 is 1.92. The minimum absolute atomic E-state index is 0.179. The normalized spacial score (nSPS) is 22.4. The van der Waals surface area contributed by atoms with Crippen molar-refractivity contribution in [3.8, 4) is 0 Å². The van der Waals surface area contributed by atoms with Gasteiger partial charge >= 0.3 is 0 Å². The summed E-state index contributed by atoms with van der Waals surface area (Å²) >= 11 is 0. The summed E-state index contributed by atoms with van der Waals surface area (Å²) in [6.07, 6.45) is 6.45. The maximum atomic E-state index is 13.3. The van der Waals surface area contributed by atoms with Gasteiger partial charge in [-0.3, -0.25) is 9.48 Å². The van der Waals surface area contributed by atoms with E-state index in [9.17, 15) is 4.79 Å². The van der Waals surface area contributed by atoms with Gasteiger partial charge < -0.3 is 9.80 Å². The fourth-order valence-corrected chi connectivity index (χ4v) is 4.89. The lowest BCUT2D eigenvalue weighted by Crippen LogP contribution is -2.47. The number of carbonyl (C=O) groups is 1. The van der Waals surface area contributed by atoms with E-state index in [0.29, 0.717) is 12.0 Å². The highest BCUT2D eigenvalue weighted by Crippen LogP contribution is 2.30. The molecule has 3 aliphatic rings. The Balaban J connectivity index is 1.39. The van der Waals surface area contributed by atoms with Gasteiger partial charge in [0.05, 0.1) is 11.8 Å². The minimum atomic E-state index is 0.179. The molecule has 0 spiro atoms. The molecule has 2 bridgehead atoms. The van der Waals surface area contributed by atoms with E-state index in [0.717, 1.165) is 56.8 Å². The van der Waals surface area contributed by atoms with Crippen LogP contribution in [0.3, 0.4) is 0 Å². The van der Waals surface area contributed by atoms with Crippen LogP contribution in [0.1, 0.15) is 47.8 Å². The molecule has 5 nitrogen and oxygen atoms in total. The van der Waals surface area contributed by atoms with Crippen molar-refractivity contribution >= 4 is 5.91 Å². The summed E-state index contributed by atoms with van der Waals surface area (Å²) in [5, 5.41) is 4.38. The monoisotopic (exact) mass is 380 g/mol. The Labute approximate surface area is 168 Å². The van der Waals surface area contributed by atoms with Gasteiger partial charge in [0.15, 0.2) is 0 Å². The Bertz CT molecular complexity index is 800. The molecule has 150 valence electrons. The van der Waals surface area contributed by atoms with Crippen molar-refractivity contribution in [1.82, 2.24) is 19.6 Å². The number of carbonyl (C=O) groups excluding carboxylic acids is 1. The number of aryl methyl sites for hydroxylation is 2. The number of aromatic nitrogens is 2. The SMILES string of the molecule is CCn1ncc(C(=O)N2C[C@@H]3CC[C@H]2CN(CCCc2ccccc2)C3)c1C. The van der Waals surface area contributed by atoms with Crippen molar-refractivity contribution in [2.45, 2.75) is 52.1 Å². The lowest BCUT2D eigenvalue weighted by atomic mass is 9.94. The first-order valence-corrected chi connectivity index (χ1v) is 10.8. The van der Waals surface area contributed by atoms with Gasteiger partial charge in [0.2, 0.25) is 0 Å². The summed E-state index contributed by atoms with van der Waals surface area (Å²) in [4.78, 5) is 18.0. The number of rotatable bonds is 6. The maximum Gasteiger partial charge on any atom is 0.257 e. The van der Waals surface area contributed by atoms with Crippen LogP contribution in [-0.4, -0.2) is 57.7 Å². The summed E-state index contributed by atoms with van der Waals surface area (Å²) in [5.41, 5.74) is 3.19. The van der Waals surface area contributed by atoms with Gasteiger partial charge in [-0.15, -0.1) is 0 Å². The quantitative estimate of drug-likeness (QED) is 0.771. The van der Waals surface area contributed by atoms with Crippen molar-refractivity contribution in [3.63, 3.8) is 0 Å². The van der Waals surface area contributed by atoms with Gasteiger partial charge in [-0.25, -0.2) is 0 Å². The first-order chi connectivity index (χ1) is 13.7. The predicted octanol–water partition coefficient (Wildman–Crippen LogP) is 3.38. The third-order valence-corrected chi connectivity index (χ3v) is 6.47. The van der Waals surface area contributed by atoms with E-state index in [1.165, 1.54) is 18.4 Å². The number of amides is 1. The van der Waals surface area contributed by atoms with Crippen LogP contribution in [0.15, 0.2) is 36.5 Å². The van der Waals surface area contributed by atoms with Crippen LogP contribution in [0, 0.1) is 12.8 Å². The zero-order valence-corrected chi connectivity index (χ0v) is 17.2. The molecule has 3 fully saturated rings. The standard InChI is InChI=1S/C23H32N4O/c1-3-27-18(2)22(14-24-27)23(28)26-16-20-11-12-21(26)17-25(15-20)13-7-10-19-8-5-4-6-9-19/h4-6,8-9,14,20-21H,3,7,10-13,15-17H2,1-2H3/t20-,21+/m1/s1. The first-order valence-electron chi connectivity index (χ1n) is 10.8. The third kappa shape index (κ3) is 4.00. The molecular weight excluding hydrogens is 348 g/mol. The van der Waals surface area contributed by atoms with E-state index in [1.54, 1.807) is 6.20 Å². The van der Waals surface area contributed by atoms with E-state index >= 15 is 0 Å². The van der Waals surface area contributed by atoms with Gasteiger partial charge in [0.25, 0.3) is 5.91 Å². The van der Waals surface area contributed by atoms with Crippen LogP contribution in [0.2, 0.25) is 0 Å². The van der Waals surface area contributed by atoms with Crippen molar-refractivity contribution in [1.29, 1.82) is 0 Å².